The minimum Gasteiger partial charge on any atom is -0.463 e. The van der Waals surface area contributed by atoms with Gasteiger partial charge in [-0.25, -0.2) is 0 Å². The van der Waals surface area contributed by atoms with Crippen LogP contribution in [0.25, 0.3) is 0 Å². The SMILES string of the molecule is CC(C)(C)[Si](C)(C)OCc1ccc(CBr)o1. The second-order valence-corrected chi connectivity index (χ2v) is 10.9. The summed E-state index contributed by atoms with van der Waals surface area (Å²) in [7, 11) is -1.66. The van der Waals surface area contributed by atoms with Crippen LogP contribution in [0.2, 0.25) is 18.1 Å². The van der Waals surface area contributed by atoms with Crippen molar-refractivity contribution in [2.75, 3.05) is 0 Å². The maximum atomic E-state index is 6.07. The summed E-state index contributed by atoms with van der Waals surface area (Å²) in [5.74, 6) is 1.87. The van der Waals surface area contributed by atoms with Crippen molar-refractivity contribution in [2.45, 2.75) is 50.8 Å². The van der Waals surface area contributed by atoms with Crippen molar-refractivity contribution >= 4 is 24.2 Å². The quantitative estimate of drug-likeness (QED) is 0.594. The molecule has 0 spiro atoms. The largest absolute Gasteiger partial charge is 0.463 e. The Kier molecular flexibility index (Phi) is 4.43. The first kappa shape index (κ1) is 14.0. The molecule has 0 atom stereocenters. The van der Waals surface area contributed by atoms with Crippen molar-refractivity contribution in [3.05, 3.63) is 23.7 Å². The zero-order chi connectivity index (χ0) is 12.4. The molecule has 0 N–H and O–H groups in total. The Hall–Kier alpha value is -0.0631. The third kappa shape index (κ3) is 3.47. The van der Waals surface area contributed by atoms with E-state index in [9.17, 15) is 0 Å². The Morgan fingerprint density at radius 2 is 1.81 bits per heavy atom. The molecule has 0 aliphatic carbocycles. The van der Waals surface area contributed by atoms with Crippen LogP contribution >= 0.6 is 15.9 Å². The summed E-state index contributed by atoms with van der Waals surface area (Å²) in [5.41, 5.74) is 0. The van der Waals surface area contributed by atoms with Crippen LogP contribution in [0, 0.1) is 0 Å². The summed E-state index contributed by atoms with van der Waals surface area (Å²) >= 11 is 3.37. The summed E-state index contributed by atoms with van der Waals surface area (Å²) in [4.78, 5) is 0. The van der Waals surface area contributed by atoms with E-state index in [1.54, 1.807) is 0 Å². The van der Waals surface area contributed by atoms with Crippen LogP contribution in [0.3, 0.4) is 0 Å². The zero-order valence-electron chi connectivity index (χ0n) is 10.8. The lowest BCUT2D eigenvalue weighted by Gasteiger charge is -2.35. The molecule has 0 saturated heterocycles. The molecule has 1 aromatic rings. The van der Waals surface area contributed by atoms with Gasteiger partial charge in [0.1, 0.15) is 11.5 Å². The summed E-state index contributed by atoms with van der Waals surface area (Å²) in [6.07, 6.45) is 0. The molecule has 0 aromatic carbocycles. The van der Waals surface area contributed by atoms with Gasteiger partial charge < -0.3 is 8.84 Å². The van der Waals surface area contributed by atoms with E-state index in [0.29, 0.717) is 6.61 Å². The van der Waals surface area contributed by atoms with Crippen LogP contribution in [0.5, 0.6) is 0 Å². The first-order valence-corrected chi connectivity index (χ1v) is 9.57. The number of alkyl halides is 1. The van der Waals surface area contributed by atoms with Crippen molar-refractivity contribution < 1.29 is 8.84 Å². The van der Waals surface area contributed by atoms with Gasteiger partial charge in [0.15, 0.2) is 8.32 Å². The molecule has 2 nitrogen and oxygen atoms in total. The van der Waals surface area contributed by atoms with E-state index >= 15 is 0 Å². The molecule has 0 unspecified atom stereocenters. The molecule has 4 heteroatoms. The van der Waals surface area contributed by atoms with E-state index in [1.165, 1.54) is 0 Å². The average molecular weight is 305 g/mol. The zero-order valence-corrected chi connectivity index (χ0v) is 13.3. The number of rotatable bonds is 4. The molecule has 0 aliphatic heterocycles. The third-order valence-electron chi connectivity index (χ3n) is 3.23. The van der Waals surface area contributed by atoms with E-state index in [2.05, 4.69) is 49.8 Å². The van der Waals surface area contributed by atoms with Gasteiger partial charge in [-0.2, -0.15) is 0 Å². The summed E-state index contributed by atoms with van der Waals surface area (Å²) < 4.78 is 11.7. The van der Waals surface area contributed by atoms with E-state index < -0.39 is 8.32 Å². The topological polar surface area (TPSA) is 22.4 Å². The van der Waals surface area contributed by atoms with Gasteiger partial charge in [-0.1, -0.05) is 36.7 Å². The van der Waals surface area contributed by atoms with Gasteiger partial charge in [-0.3, -0.25) is 0 Å². The molecule has 0 amide bonds. The Morgan fingerprint density at radius 3 is 2.25 bits per heavy atom. The van der Waals surface area contributed by atoms with Gasteiger partial charge in [0.2, 0.25) is 0 Å². The molecule has 1 aromatic heterocycles. The molecule has 92 valence electrons. The second-order valence-electron chi connectivity index (χ2n) is 5.55. The maximum absolute atomic E-state index is 6.07. The van der Waals surface area contributed by atoms with E-state index in [0.717, 1.165) is 16.9 Å². The number of hydrogen-bond acceptors (Lipinski definition) is 2. The normalized spacial score (nSPS) is 13.1. The molecule has 0 radical (unpaired) electrons. The first-order chi connectivity index (χ1) is 7.26. The van der Waals surface area contributed by atoms with E-state index in [-0.39, 0.29) is 5.04 Å². The van der Waals surface area contributed by atoms with Crippen molar-refractivity contribution in [3.63, 3.8) is 0 Å². The van der Waals surface area contributed by atoms with Gasteiger partial charge in [0.05, 0.1) is 11.9 Å². The number of furan rings is 1. The molecular weight excluding hydrogens is 284 g/mol. The predicted molar refractivity (Wildman–Crippen MR) is 73.3 cm³/mol. The monoisotopic (exact) mass is 304 g/mol. The Bertz CT molecular complexity index is 339. The van der Waals surface area contributed by atoms with Crippen LogP contribution < -0.4 is 0 Å². The van der Waals surface area contributed by atoms with Gasteiger partial charge in [-0.05, 0) is 30.3 Å². The van der Waals surface area contributed by atoms with Gasteiger partial charge >= 0.3 is 0 Å². The molecule has 0 bridgehead atoms. The molecule has 1 heterocycles. The fraction of sp³-hybridized carbons (Fsp3) is 0.667. The van der Waals surface area contributed by atoms with Crippen LogP contribution in [-0.2, 0) is 16.4 Å². The summed E-state index contributed by atoms with van der Waals surface area (Å²) in [5, 5.41) is 1.00. The average Bonchev–Trinajstić information content (AvgIpc) is 2.60. The van der Waals surface area contributed by atoms with Crippen LogP contribution in [0.15, 0.2) is 16.5 Å². The van der Waals surface area contributed by atoms with Crippen LogP contribution in [-0.4, -0.2) is 8.32 Å². The summed E-state index contributed by atoms with van der Waals surface area (Å²) in [6.45, 7) is 11.8. The lowest BCUT2D eigenvalue weighted by Crippen LogP contribution is -2.40. The van der Waals surface area contributed by atoms with Crippen molar-refractivity contribution in [1.29, 1.82) is 0 Å². The highest BCUT2D eigenvalue weighted by atomic mass is 79.9. The molecule has 0 fully saturated rings. The molecule has 0 aliphatic rings. The fourth-order valence-electron chi connectivity index (χ4n) is 1.04. The number of hydrogen-bond donors (Lipinski definition) is 0. The molecule has 0 saturated carbocycles. The molecule has 16 heavy (non-hydrogen) atoms. The van der Waals surface area contributed by atoms with Crippen molar-refractivity contribution in [1.82, 2.24) is 0 Å². The molecular formula is C12H21BrO2Si. The lowest BCUT2D eigenvalue weighted by molar-refractivity contribution is 0.244. The van der Waals surface area contributed by atoms with Crippen molar-refractivity contribution in [3.8, 4) is 0 Å². The fourth-order valence-corrected chi connectivity index (χ4v) is 2.28. The van der Waals surface area contributed by atoms with E-state index in [4.69, 9.17) is 8.84 Å². The first-order valence-electron chi connectivity index (χ1n) is 5.54. The smallest absolute Gasteiger partial charge is 0.192 e. The van der Waals surface area contributed by atoms with E-state index in [1.807, 2.05) is 12.1 Å². The maximum Gasteiger partial charge on any atom is 0.192 e. The van der Waals surface area contributed by atoms with Crippen molar-refractivity contribution in [2.24, 2.45) is 0 Å². The Balaban J connectivity index is 2.57. The highest BCUT2D eigenvalue weighted by Crippen LogP contribution is 2.37. The standard InChI is InChI=1S/C12H21BrO2Si/c1-12(2,3)16(4,5)14-9-11-7-6-10(8-13)15-11/h6-7H,8-9H2,1-5H3. The molecule has 1 rings (SSSR count). The lowest BCUT2D eigenvalue weighted by atomic mass is 10.2. The minimum absolute atomic E-state index is 0.248. The second kappa shape index (κ2) is 5.06. The highest BCUT2D eigenvalue weighted by molar-refractivity contribution is 9.08. The number of halogens is 1. The van der Waals surface area contributed by atoms with Gasteiger partial charge in [-0.15, -0.1) is 0 Å². The predicted octanol–water partition coefficient (Wildman–Crippen LogP) is 4.70. The van der Waals surface area contributed by atoms with Crippen LogP contribution in [0.4, 0.5) is 0 Å². The summed E-state index contributed by atoms with van der Waals surface area (Å²) in [6, 6.07) is 3.98. The van der Waals surface area contributed by atoms with Gasteiger partial charge in [0.25, 0.3) is 0 Å². The van der Waals surface area contributed by atoms with Crippen LogP contribution in [0.1, 0.15) is 32.3 Å². The van der Waals surface area contributed by atoms with Gasteiger partial charge in [0, 0.05) is 0 Å². The highest BCUT2D eigenvalue weighted by Gasteiger charge is 2.37. The Morgan fingerprint density at radius 1 is 1.25 bits per heavy atom. The third-order valence-corrected chi connectivity index (χ3v) is 8.26. The Labute approximate surface area is 108 Å². The minimum atomic E-state index is -1.66.